The van der Waals surface area contributed by atoms with E-state index in [0.717, 1.165) is 29.8 Å². The van der Waals surface area contributed by atoms with Gasteiger partial charge >= 0.3 is 0 Å². The van der Waals surface area contributed by atoms with Crippen LogP contribution < -0.4 is 10.3 Å². The fourth-order valence-electron chi connectivity index (χ4n) is 4.03. The maximum Gasteiger partial charge on any atom is 0.294 e. The molecule has 1 amide bonds. The Bertz CT molecular complexity index is 1220. The van der Waals surface area contributed by atoms with Crippen LogP contribution in [0.4, 0.5) is 0 Å². The number of nitrogens with zero attached hydrogens (tertiary/aromatic N) is 4. The van der Waals surface area contributed by atoms with E-state index in [4.69, 9.17) is 4.74 Å². The fourth-order valence-corrected chi connectivity index (χ4v) is 4.03. The SMILES string of the molecule is COc1ccc(-c2cn3cc(C(=O)N4CC=C[C@H]4CO)nc3c(=O)n2CC2CC2)cc1. The van der Waals surface area contributed by atoms with Crippen LogP contribution in [0.5, 0.6) is 5.75 Å². The topological polar surface area (TPSA) is 89.1 Å². The number of hydrogen-bond donors (Lipinski definition) is 1. The van der Waals surface area contributed by atoms with E-state index in [1.54, 1.807) is 33.3 Å². The van der Waals surface area contributed by atoms with Gasteiger partial charge in [0, 0.05) is 31.0 Å². The minimum Gasteiger partial charge on any atom is -0.497 e. The molecule has 2 aromatic heterocycles. The summed E-state index contributed by atoms with van der Waals surface area (Å²) in [4.78, 5) is 32.3. The molecule has 8 heteroatoms. The van der Waals surface area contributed by atoms with Gasteiger partial charge in [0.2, 0.25) is 5.65 Å². The number of amides is 1. The molecule has 0 unspecified atom stereocenters. The number of benzene rings is 1. The number of hydrogen-bond acceptors (Lipinski definition) is 5. The molecule has 1 aliphatic heterocycles. The first-order chi connectivity index (χ1) is 15.1. The van der Waals surface area contributed by atoms with E-state index in [1.165, 1.54) is 0 Å². The Balaban J connectivity index is 1.59. The molecule has 1 fully saturated rings. The van der Waals surface area contributed by atoms with E-state index in [0.29, 0.717) is 19.0 Å². The maximum absolute atomic E-state index is 13.4. The van der Waals surface area contributed by atoms with Crippen molar-refractivity contribution >= 4 is 11.6 Å². The van der Waals surface area contributed by atoms with E-state index < -0.39 is 0 Å². The van der Waals surface area contributed by atoms with Gasteiger partial charge in [-0.3, -0.25) is 14.0 Å². The molecule has 2 aliphatic rings. The minimum absolute atomic E-state index is 0.147. The number of aromatic nitrogens is 3. The number of imidazole rings is 1. The summed E-state index contributed by atoms with van der Waals surface area (Å²) in [6.45, 7) is 0.905. The molecule has 3 aromatic rings. The van der Waals surface area contributed by atoms with Gasteiger partial charge in [-0.2, -0.15) is 0 Å². The molecule has 1 saturated carbocycles. The third-order valence-corrected chi connectivity index (χ3v) is 5.97. The Morgan fingerprint density at radius 2 is 2.00 bits per heavy atom. The van der Waals surface area contributed by atoms with E-state index in [2.05, 4.69) is 4.98 Å². The number of ether oxygens (including phenoxy) is 1. The second kappa shape index (κ2) is 7.70. The predicted molar refractivity (Wildman–Crippen MR) is 115 cm³/mol. The van der Waals surface area contributed by atoms with Crippen LogP contribution in [-0.2, 0) is 6.54 Å². The van der Waals surface area contributed by atoms with E-state index >= 15 is 0 Å². The largest absolute Gasteiger partial charge is 0.497 e. The Hall–Kier alpha value is -3.39. The van der Waals surface area contributed by atoms with E-state index in [-0.39, 0.29) is 35.5 Å². The van der Waals surface area contributed by atoms with Crippen LogP contribution in [0, 0.1) is 5.92 Å². The van der Waals surface area contributed by atoms with Crippen LogP contribution in [0.1, 0.15) is 23.3 Å². The quantitative estimate of drug-likeness (QED) is 0.616. The van der Waals surface area contributed by atoms with E-state index in [1.807, 2.05) is 36.5 Å². The molecule has 0 radical (unpaired) electrons. The average molecular weight is 420 g/mol. The summed E-state index contributed by atoms with van der Waals surface area (Å²) >= 11 is 0. The Kier molecular flexibility index (Phi) is 4.86. The molecule has 5 rings (SSSR count). The lowest BCUT2D eigenvalue weighted by atomic mass is 10.1. The third kappa shape index (κ3) is 3.53. The summed E-state index contributed by atoms with van der Waals surface area (Å²) in [5.74, 6) is 0.940. The summed E-state index contributed by atoms with van der Waals surface area (Å²) in [6, 6.07) is 7.22. The molecule has 1 atom stereocenters. The van der Waals surface area contributed by atoms with Gasteiger partial charge in [0.05, 0.1) is 25.5 Å². The highest BCUT2D eigenvalue weighted by Crippen LogP contribution is 2.32. The lowest BCUT2D eigenvalue weighted by Gasteiger charge is -2.21. The lowest BCUT2D eigenvalue weighted by Crippen LogP contribution is -2.38. The van der Waals surface area contributed by atoms with Gasteiger partial charge in [0.15, 0.2) is 0 Å². The molecule has 1 aromatic carbocycles. The number of aliphatic hydroxyl groups is 1. The van der Waals surface area contributed by atoms with Crippen LogP contribution >= 0.6 is 0 Å². The number of aliphatic hydroxyl groups excluding tert-OH is 1. The molecule has 31 heavy (non-hydrogen) atoms. The highest BCUT2D eigenvalue weighted by molar-refractivity contribution is 5.93. The lowest BCUT2D eigenvalue weighted by molar-refractivity contribution is 0.0695. The monoisotopic (exact) mass is 420 g/mol. The van der Waals surface area contributed by atoms with Crippen molar-refractivity contribution in [2.45, 2.75) is 25.4 Å². The van der Waals surface area contributed by atoms with Crippen molar-refractivity contribution in [2.24, 2.45) is 5.92 Å². The van der Waals surface area contributed by atoms with Crippen molar-refractivity contribution in [1.29, 1.82) is 0 Å². The van der Waals surface area contributed by atoms with Crippen LogP contribution in [0.2, 0.25) is 0 Å². The minimum atomic E-state index is -0.362. The molecule has 0 bridgehead atoms. The van der Waals surface area contributed by atoms with Gasteiger partial charge < -0.3 is 19.3 Å². The molecule has 160 valence electrons. The third-order valence-electron chi connectivity index (χ3n) is 5.97. The summed E-state index contributed by atoms with van der Waals surface area (Å²) in [5, 5.41) is 9.51. The number of fused-ring (bicyclic) bond motifs is 1. The van der Waals surface area contributed by atoms with Gasteiger partial charge in [-0.15, -0.1) is 0 Å². The molecule has 1 aliphatic carbocycles. The summed E-state index contributed by atoms with van der Waals surface area (Å²) in [6.07, 6.45) is 9.33. The second-order valence-electron chi connectivity index (χ2n) is 8.09. The fraction of sp³-hybridized carbons (Fsp3) is 0.348. The van der Waals surface area contributed by atoms with Crippen molar-refractivity contribution in [3.63, 3.8) is 0 Å². The van der Waals surface area contributed by atoms with Crippen molar-refractivity contribution in [3.8, 4) is 17.0 Å². The maximum atomic E-state index is 13.4. The van der Waals surface area contributed by atoms with Crippen molar-refractivity contribution in [3.05, 3.63) is 64.9 Å². The smallest absolute Gasteiger partial charge is 0.294 e. The zero-order valence-electron chi connectivity index (χ0n) is 17.3. The Labute approximate surface area is 179 Å². The zero-order valence-corrected chi connectivity index (χ0v) is 17.3. The summed E-state index contributed by atoms with van der Waals surface area (Å²) in [5.41, 5.74) is 1.89. The molecule has 3 heterocycles. The molecular weight excluding hydrogens is 396 g/mol. The first kappa shape index (κ1) is 19.6. The average Bonchev–Trinajstić information content (AvgIpc) is 3.31. The standard InChI is InChI=1S/C23H24N4O4/c1-31-18-8-6-16(7-9-18)20-13-25-12-19(22(29)26-10-2-3-17(26)14-28)24-21(25)23(30)27(20)11-15-4-5-15/h2-3,6-9,12-13,15,17,28H,4-5,10-11,14H2,1H3/t17-/m0/s1. The van der Waals surface area contributed by atoms with Crippen molar-refractivity contribution in [1.82, 2.24) is 18.9 Å². The first-order valence-corrected chi connectivity index (χ1v) is 10.4. The van der Waals surface area contributed by atoms with Gasteiger partial charge in [-0.25, -0.2) is 4.98 Å². The second-order valence-corrected chi connectivity index (χ2v) is 8.09. The highest BCUT2D eigenvalue weighted by Gasteiger charge is 2.28. The van der Waals surface area contributed by atoms with Gasteiger partial charge in [-0.1, -0.05) is 12.2 Å². The van der Waals surface area contributed by atoms with Crippen LogP contribution in [-0.4, -0.2) is 56.2 Å². The van der Waals surface area contributed by atoms with Crippen LogP contribution in [0.15, 0.2) is 53.6 Å². The first-order valence-electron chi connectivity index (χ1n) is 10.4. The summed E-state index contributed by atoms with van der Waals surface area (Å²) < 4.78 is 8.65. The van der Waals surface area contributed by atoms with Crippen LogP contribution in [0.25, 0.3) is 16.9 Å². The van der Waals surface area contributed by atoms with Crippen molar-refractivity contribution in [2.75, 3.05) is 20.3 Å². The molecule has 0 saturated heterocycles. The number of carbonyl (C=O) groups is 1. The zero-order chi connectivity index (χ0) is 21.5. The highest BCUT2D eigenvalue weighted by atomic mass is 16.5. The van der Waals surface area contributed by atoms with Gasteiger partial charge in [0.1, 0.15) is 11.4 Å². The Morgan fingerprint density at radius 1 is 1.23 bits per heavy atom. The number of methoxy groups -OCH3 is 1. The molecule has 8 nitrogen and oxygen atoms in total. The van der Waals surface area contributed by atoms with Crippen LogP contribution in [0.3, 0.4) is 0 Å². The predicted octanol–water partition coefficient (Wildman–Crippen LogP) is 1.95. The van der Waals surface area contributed by atoms with Gasteiger partial charge in [0.25, 0.3) is 11.5 Å². The number of rotatable bonds is 6. The molecular formula is C23H24N4O4. The normalized spacial score (nSPS) is 18.1. The van der Waals surface area contributed by atoms with Gasteiger partial charge in [-0.05, 0) is 43.0 Å². The van der Waals surface area contributed by atoms with Crippen molar-refractivity contribution < 1.29 is 14.6 Å². The number of carbonyl (C=O) groups excluding carboxylic acids is 1. The molecule has 0 spiro atoms. The summed E-state index contributed by atoms with van der Waals surface area (Å²) in [7, 11) is 1.62. The van der Waals surface area contributed by atoms with E-state index in [9.17, 15) is 14.7 Å². The Morgan fingerprint density at radius 3 is 2.68 bits per heavy atom. The molecule has 1 N–H and O–H groups in total.